The van der Waals surface area contributed by atoms with Crippen LogP contribution in [0.25, 0.3) is 0 Å². The Morgan fingerprint density at radius 2 is 2.24 bits per heavy atom. The number of aromatic nitrogens is 1. The van der Waals surface area contributed by atoms with Crippen LogP contribution in [0.4, 0.5) is 18.3 Å². The van der Waals surface area contributed by atoms with Crippen molar-refractivity contribution in [3.8, 4) is 12.3 Å². The van der Waals surface area contributed by atoms with Crippen molar-refractivity contribution in [1.29, 1.82) is 0 Å². The maximum absolute atomic E-state index is 12.4. The van der Waals surface area contributed by atoms with Crippen molar-refractivity contribution in [3.63, 3.8) is 0 Å². The lowest BCUT2D eigenvalue weighted by Gasteiger charge is -2.11. The normalized spacial score (nSPS) is 13.2. The fourth-order valence-electron chi connectivity index (χ4n) is 1.02. The molecule has 0 aliphatic rings. The van der Waals surface area contributed by atoms with Crippen molar-refractivity contribution in [3.05, 3.63) is 9.48 Å². The Hall–Kier alpha value is -0.780. The summed E-state index contributed by atoms with van der Waals surface area (Å²) in [6.07, 6.45) is 0.755. The number of anilines is 1. The van der Waals surface area contributed by atoms with Crippen LogP contribution in [0.2, 0.25) is 0 Å². The number of nitrogens with one attached hydrogen (secondary N) is 1. The largest absolute Gasteiger partial charge is 0.435 e. The van der Waals surface area contributed by atoms with Gasteiger partial charge in [0.1, 0.15) is 3.79 Å². The van der Waals surface area contributed by atoms with Crippen LogP contribution in [0.5, 0.6) is 0 Å². The molecular weight excluding hydrogens is 321 g/mol. The first-order valence-corrected chi connectivity index (χ1v) is 6.03. The summed E-state index contributed by atoms with van der Waals surface area (Å²) in [4.78, 5) is 3.41. The summed E-state index contributed by atoms with van der Waals surface area (Å²) >= 11 is 3.60. The van der Waals surface area contributed by atoms with Crippen LogP contribution < -0.4 is 5.32 Å². The average molecular weight is 329 g/mol. The molecule has 94 valence electrons. The highest BCUT2D eigenvalue weighted by molar-refractivity contribution is 9.11. The van der Waals surface area contributed by atoms with Crippen molar-refractivity contribution in [2.75, 3.05) is 11.9 Å². The van der Waals surface area contributed by atoms with Crippen molar-refractivity contribution < 1.29 is 18.3 Å². The third-order valence-electron chi connectivity index (χ3n) is 1.77. The Labute approximate surface area is 108 Å². The van der Waals surface area contributed by atoms with Gasteiger partial charge in [0.2, 0.25) is 0 Å². The molecule has 0 radical (unpaired) electrons. The zero-order valence-electron chi connectivity index (χ0n) is 8.38. The van der Waals surface area contributed by atoms with E-state index >= 15 is 0 Å². The summed E-state index contributed by atoms with van der Waals surface area (Å²) in [5.41, 5.74) is -0.984. The summed E-state index contributed by atoms with van der Waals surface area (Å²) < 4.78 is 37.2. The number of terminal acetylenes is 1. The van der Waals surface area contributed by atoms with E-state index in [9.17, 15) is 13.2 Å². The second kappa shape index (κ2) is 5.71. The van der Waals surface area contributed by atoms with Gasteiger partial charge in [0.25, 0.3) is 0 Å². The highest BCUT2D eigenvalue weighted by Gasteiger charge is 2.37. The fourth-order valence-corrected chi connectivity index (χ4v) is 2.58. The number of aliphatic hydroxyl groups excluding tert-OH is 1. The summed E-state index contributed by atoms with van der Waals surface area (Å²) in [7, 11) is 0. The average Bonchev–Trinajstić information content (AvgIpc) is 2.58. The van der Waals surface area contributed by atoms with Gasteiger partial charge in [-0.25, -0.2) is 4.98 Å². The Kier molecular flexibility index (Phi) is 4.80. The lowest BCUT2D eigenvalue weighted by atomic mass is 10.2. The topological polar surface area (TPSA) is 45.1 Å². The predicted molar refractivity (Wildman–Crippen MR) is 62.8 cm³/mol. The molecule has 0 aromatic carbocycles. The molecule has 0 aliphatic carbocycles. The van der Waals surface area contributed by atoms with E-state index in [1.807, 2.05) is 0 Å². The number of halogens is 4. The van der Waals surface area contributed by atoms with Gasteiger partial charge < -0.3 is 10.4 Å². The number of hydrogen-bond acceptors (Lipinski definition) is 4. The van der Waals surface area contributed by atoms with Crippen molar-refractivity contribution in [2.24, 2.45) is 0 Å². The number of hydrogen-bond donors (Lipinski definition) is 2. The molecule has 0 saturated carbocycles. The van der Waals surface area contributed by atoms with E-state index in [1.165, 1.54) is 0 Å². The van der Waals surface area contributed by atoms with Gasteiger partial charge in [0, 0.05) is 6.42 Å². The third-order valence-corrected chi connectivity index (χ3v) is 3.40. The lowest BCUT2D eigenvalue weighted by molar-refractivity contribution is -0.141. The molecule has 0 saturated heterocycles. The number of aliphatic hydroxyl groups is 1. The van der Waals surface area contributed by atoms with E-state index in [1.54, 1.807) is 0 Å². The Morgan fingerprint density at radius 3 is 2.65 bits per heavy atom. The van der Waals surface area contributed by atoms with Gasteiger partial charge in [-0.3, -0.25) is 0 Å². The van der Waals surface area contributed by atoms with Gasteiger partial charge in [0.05, 0.1) is 12.6 Å². The minimum atomic E-state index is -4.50. The minimum Gasteiger partial charge on any atom is -0.394 e. The van der Waals surface area contributed by atoms with Gasteiger partial charge in [-0.1, -0.05) is 11.3 Å². The van der Waals surface area contributed by atoms with E-state index in [0.717, 1.165) is 11.3 Å². The first kappa shape index (κ1) is 14.3. The molecule has 0 amide bonds. The Morgan fingerprint density at radius 1 is 1.59 bits per heavy atom. The molecule has 17 heavy (non-hydrogen) atoms. The number of rotatable bonds is 4. The molecule has 1 heterocycles. The smallest absolute Gasteiger partial charge is 0.394 e. The van der Waals surface area contributed by atoms with Crippen LogP contribution in [-0.4, -0.2) is 22.7 Å². The monoisotopic (exact) mass is 328 g/mol. The second-order valence-corrected chi connectivity index (χ2v) is 5.39. The zero-order chi connectivity index (χ0) is 13.1. The van der Waals surface area contributed by atoms with Crippen LogP contribution in [0.1, 0.15) is 12.1 Å². The summed E-state index contributed by atoms with van der Waals surface area (Å²) in [6, 6.07) is -0.501. The van der Waals surface area contributed by atoms with Gasteiger partial charge >= 0.3 is 6.18 Å². The molecule has 1 aromatic heterocycles. The minimum absolute atomic E-state index is 0.0681. The van der Waals surface area contributed by atoms with Crippen LogP contribution in [0.15, 0.2) is 3.79 Å². The van der Waals surface area contributed by atoms with E-state index in [0.29, 0.717) is 0 Å². The molecular formula is C9H8BrF3N2OS. The van der Waals surface area contributed by atoms with Crippen LogP contribution >= 0.6 is 27.3 Å². The van der Waals surface area contributed by atoms with Crippen LogP contribution in [0, 0.1) is 12.3 Å². The Bertz CT molecular complexity index is 427. The van der Waals surface area contributed by atoms with Gasteiger partial charge in [-0.15, -0.1) is 12.3 Å². The number of thiazole rings is 1. The molecule has 0 fully saturated rings. The maximum atomic E-state index is 12.4. The highest BCUT2D eigenvalue weighted by Crippen LogP contribution is 2.39. The molecule has 0 spiro atoms. The first-order chi connectivity index (χ1) is 7.88. The van der Waals surface area contributed by atoms with E-state index < -0.39 is 17.9 Å². The van der Waals surface area contributed by atoms with Gasteiger partial charge in [-0.2, -0.15) is 13.2 Å². The quantitative estimate of drug-likeness (QED) is 0.835. The highest BCUT2D eigenvalue weighted by atomic mass is 79.9. The fraction of sp³-hybridized carbons (Fsp3) is 0.444. The lowest BCUT2D eigenvalue weighted by Crippen LogP contribution is -2.23. The number of alkyl halides is 3. The van der Waals surface area contributed by atoms with Crippen molar-refractivity contribution >= 4 is 32.4 Å². The summed E-state index contributed by atoms with van der Waals surface area (Å²) in [5.74, 6) is 2.31. The van der Waals surface area contributed by atoms with E-state index in [-0.39, 0.29) is 21.9 Å². The Balaban J connectivity index is 2.84. The zero-order valence-corrected chi connectivity index (χ0v) is 10.8. The first-order valence-electron chi connectivity index (χ1n) is 4.43. The summed E-state index contributed by atoms with van der Waals surface area (Å²) in [6.45, 7) is -0.275. The molecule has 0 bridgehead atoms. The molecule has 3 nitrogen and oxygen atoms in total. The molecule has 8 heteroatoms. The van der Waals surface area contributed by atoms with Crippen molar-refractivity contribution in [2.45, 2.75) is 18.6 Å². The maximum Gasteiger partial charge on any atom is 0.435 e. The van der Waals surface area contributed by atoms with E-state index in [2.05, 4.69) is 32.2 Å². The van der Waals surface area contributed by atoms with Gasteiger partial charge in [-0.05, 0) is 15.9 Å². The van der Waals surface area contributed by atoms with Crippen LogP contribution in [-0.2, 0) is 6.18 Å². The summed E-state index contributed by atoms with van der Waals surface area (Å²) in [5, 5.41) is 11.7. The number of nitrogens with zero attached hydrogens (tertiary/aromatic N) is 1. The van der Waals surface area contributed by atoms with E-state index in [4.69, 9.17) is 11.5 Å². The SMILES string of the molecule is C#CCC(CO)Nc1nc(C(F)(F)F)c(Br)s1. The van der Waals surface area contributed by atoms with Crippen molar-refractivity contribution in [1.82, 2.24) is 4.98 Å². The molecule has 1 rings (SSSR count). The van der Waals surface area contributed by atoms with Gasteiger partial charge in [0.15, 0.2) is 10.8 Å². The third kappa shape index (κ3) is 3.87. The standard InChI is InChI=1S/C9H8BrF3N2OS/c1-2-3-5(4-16)14-8-15-6(7(10)17-8)9(11,12)13/h1,5,16H,3-4H2,(H,14,15). The molecule has 2 N–H and O–H groups in total. The molecule has 0 aliphatic heterocycles. The second-order valence-electron chi connectivity index (χ2n) is 3.07. The van der Waals surface area contributed by atoms with Crippen LogP contribution in [0.3, 0.4) is 0 Å². The molecule has 1 atom stereocenters. The molecule has 1 aromatic rings. The predicted octanol–water partition coefficient (Wildman–Crippen LogP) is 2.72. The molecule has 1 unspecified atom stereocenters.